The average Bonchev–Trinajstić information content (AvgIpc) is 2.84. The molecule has 0 radical (unpaired) electrons. The van der Waals surface area contributed by atoms with Crippen LogP contribution in [-0.2, 0) is 17.1 Å². The van der Waals surface area contributed by atoms with Crippen molar-refractivity contribution in [2.24, 2.45) is 7.05 Å². The van der Waals surface area contributed by atoms with Gasteiger partial charge in [-0.1, -0.05) is 18.2 Å². The Balaban J connectivity index is 2.02. The Labute approximate surface area is 128 Å². The predicted octanol–water partition coefficient (Wildman–Crippen LogP) is 2.85. The molecule has 22 heavy (non-hydrogen) atoms. The third-order valence-electron chi connectivity index (χ3n) is 3.42. The fourth-order valence-electron chi connectivity index (χ4n) is 2.35. The molecule has 0 amide bonds. The van der Waals surface area contributed by atoms with Crippen LogP contribution in [0.2, 0.25) is 0 Å². The predicted molar refractivity (Wildman–Crippen MR) is 84.9 cm³/mol. The number of fused-ring (bicyclic) bond motifs is 1. The van der Waals surface area contributed by atoms with Gasteiger partial charge in [0.15, 0.2) is 0 Å². The molecule has 1 heterocycles. The lowest BCUT2D eigenvalue weighted by Gasteiger charge is -2.08. The zero-order valence-corrected chi connectivity index (χ0v) is 12.6. The molecule has 3 aromatic rings. The summed E-state index contributed by atoms with van der Waals surface area (Å²) in [7, 11) is -1.80. The topological polar surface area (TPSA) is 74.9 Å². The van der Waals surface area contributed by atoms with Gasteiger partial charge in [0.05, 0.1) is 21.7 Å². The van der Waals surface area contributed by atoms with Crippen molar-refractivity contribution in [1.82, 2.24) is 4.57 Å². The summed E-state index contributed by atoms with van der Waals surface area (Å²) in [6, 6.07) is 15.4. The lowest BCUT2D eigenvalue weighted by Crippen LogP contribution is -2.12. The van der Waals surface area contributed by atoms with E-state index < -0.39 is 10.0 Å². The van der Waals surface area contributed by atoms with Gasteiger partial charge in [0.1, 0.15) is 6.07 Å². The Bertz CT molecular complexity index is 983. The Morgan fingerprint density at radius 1 is 1.14 bits per heavy atom. The van der Waals surface area contributed by atoms with E-state index in [-0.39, 0.29) is 4.90 Å². The summed E-state index contributed by atoms with van der Waals surface area (Å²) in [5, 5.41) is 9.88. The van der Waals surface area contributed by atoms with Crippen LogP contribution in [0.1, 0.15) is 5.56 Å². The minimum atomic E-state index is -3.62. The number of aromatic nitrogens is 1. The molecule has 0 spiro atoms. The third-order valence-corrected chi connectivity index (χ3v) is 4.81. The molecule has 5 nitrogen and oxygen atoms in total. The molecule has 0 fully saturated rings. The van der Waals surface area contributed by atoms with Gasteiger partial charge in [-0.2, -0.15) is 5.26 Å². The Kier molecular flexibility index (Phi) is 3.35. The number of hydrogen-bond donors (Lipinski definition) is 1. The van der Waals surface area contributed by atoms with Crippen molar-refractivity contribution in [2.45, 2.75) is 4.90 Å². The van der Waals surface area contributed by atoms with Gasteiger partial charge in [0.25, 0.3) is 10.0 Å². The van der Waals surface area contributed by atoms with Gasteiger partial charge in [-0.25, -0.2) is 8.42 Å². The van der Waals surface area contributed by atoms with E-state index in [4.69, 9.17) is 5.26 Å². The fraction of sp³-hybridized carbons (Fsp3) is 0.0625. The molecule has 0 unspecified atom stereocenters. The van der Waals surface area contributed by atoms with Crippen molar-refractivity contribution < 1.29 is 8.42 Å². The van der Waals surface area contributed by atoms with Crippen LogP contribution in [0, 0.1) is 11.3 Å². The summed E-state index contributed by atoms with van der Waals surface area (Å²) in [4.78, 5) is 0.208. The zero-order valence-electron chi connectivity index (χ0n) is 11.8. The molecular formula is C16H13N3O2S. The number of anilines is 1. The van der Waals surface area contributed by atoms with Crippen LogP contribution in [-0.4, -0.2) is 13.0 Å². The lowest BCUT2D eigenvalue weighted by molar-refractivity contribution is 0.601. The Morgan fingerprint density at radius 3 is 2.55 bits per heavy atom. The number of nitriles is 1. The number of rotatable bonds is 3. The second kappa shape index (κ2) is 5.20. The van der Waals surface area contributed by atoms with Crippen LogP contribution in [0.5, 0.6) is 0 Å². The van der Waals surface area contributed by atoms with Crippen molar-refractivity contribution in [3.63, 3.8) is 0 Å². The number of benzene rings is 2. The summed E-state index contributed by atoms with van der Waals surface area (Å²) in [6.45, 7) is 0. The molecule has 0 aliphatic rings. The van der Waals surface area contributed by atoms with Crippen molar-refractivity contribution in [2.75, 3.05) is 4.72 Å². The second-order valence-electron chi connectivity index (χ2n) is 4.92. The van der Waals surface area contributed by atoms with E-state index in [0.29, 0.717) is 11.3 Å². The van der Waals surface area contributed by atoms with Crippen molar-refractivity contribution in [1.29, 1.82) is 5.26 Å². The SMILES string of the molecule is Cn1cc(C#N)c2ccc(NS(=O)(=O)c3ccccc3)cc21. The highest BCUT2D eigenvalue weighted by Gasteiger charge is 2.14. The molecule has 0 bridgehead atoms. The normalized spacial score (nSPS) is 11.3. The van der Waals surface area contributed by atoms with Crippen LogP contribution < -0.4 is 4.72 Å². The summed E-state index contributed by atoms with van der Waals surface area (Å²) < 4.78 is 29.0. The number of aryl methyl sites for hydroxylation is 1. The van der Waals surface area contributed by atoms with Gasteiger partial charge < -0.3 is 4.57 Å². The zero-order chi connectivity index (χ0) is 15.7. The quantitative estimate of drug-likeness (QED) is 0.808. The maximum absolute atomic E-state index is 12.3. The average molecular weight is 311 g/mol. The van der Waals surface area contributed by atoms with Gasteiger partial charge >= 0.3 is 0 Å². The number of nitrogens with one attached hydrogen (secondary N) is 1. The first-order valence-corrected chi connectivity index (χ1v) is 8.06. The van der Waals surface area contributed by atoms with Gasteiger partial charge in [0.2, 0.25) is 0 Å². The molecule has 6 heteroatoms. The smallest absolute Gasteiger partial charge is 0.261 e. The molecule has 1 N–H and O–H groups in total. The third kappa shape index (κ3) is 2.43. The number of sulfonamides is 1. The van der Waals surface area contributed by atoms with Gasteiger partial charge in [-0.05, 0) is 30.3 Å². The van der Waals surface area contributed by atoms with E-state index >= 15 is 0 Å². The van der Waals surface area contributed by atoms with Gasteiger partial charge in [0, 0.05) is 18.6 Å². The van der Waals surface area contributed by atoms with Crippen LogP contribution >= 0.6 is 0 Å². The molecule has 0 saturated heterocycles. The van der Waals surface area contributed by atoms with E-state index in [1.807, 2.05) is 7.05 Å². The molecular weight excluding hydrogens is 298 g/mol. The summed E-state index contributed by atoms with van der Waals surface area (Å²) in [6.07, 6.45) is 1.72. The molecule has 110 valence electrons. The maximum atomic E-state index is 12.3. The van der Waals surface area contributed by atoms with E-state index in [2.05, 4.69) is 10.8 Å². The largest absolute Gasteiger partial charge is 0.349 e. The molecule has 0 atom stereocenters. The minimum Gasteiger partial charge on any atom is -0.349 e. The monoisotopic (exact) mass is 311 g/mol. The van der Waals surface area contributed by atoms with Crippen LogP contribution in [0.4, 0.5) is 5.69 Å². The van der Waals surface area contributed by atoms with Crippen molar-refractivity contribution >= 4 is 26.6 Å². The first-order chi connectivity index (χ1) is 10.5. The van der Waals surface area contributed by atoms with Crippen LogP contribution in [0.15, 0.2) is 59.6 Å². The van der Waals surface area contributed by atoms with E-state index in [0.717, 1.165) is 10.9 Å². The Morgan fingerprint density at radius 2 is 1.86 bits per heavy atom. The van der Waals surface area contributed by atoms with Crippen LogP contribution in [0.3, 0.4) is 0 Å². The fourth-order valence-corrected chi connectivity index (χ4v) is 3.42. The lowest BCUT2D eigenvalue weighted by atomic mass is 10.2. The standard InChI is InChI=1S/C16H13N3O2S/c1-19-11-12(10-17)15-8-7-13(9-16(15)19)18-22(20,21)14-5-3-2-4-6-14/h2-9,11,18H,1H3. The van der Waals surface area contributed by atoms with Crippen molar-refractivity contribution in [3.05, 3.63) is 60.3 Å². The molecule has 0 aliphatic carbocycles. The second-order valence-corrected chi connectivity index (χ2v) is 6.60. The van der Waals surface area contributed by atoms with E-state index in [1.165, 1.54) is 12.1 Å². The van der Waals surface area contributed by atoms with E-state index in [9.17, 15) is 8.42 Å². The van der Waals surface area contributed by atoms with E-state index in [1.54, 1.807) is 47.2 Å². The van der Waals surface area contributed by atoms with Crippen molar-refractivity contribution in [3.8, 4) is 6.07 Å². The molecule has 0 aliphatic heterocycles. The first kappa shape index (κ1) is 14.2. The molecule has 1 aromatic heterocycles. The maximum Gasteiger partial charge on any atom is 0.261 e. The number of hydrogen-bond acceptors (Lipinski definition) is 3. The summed E-state index contributed by atoms with van der Waals surface area (Å²) in [5.74, 6) is 0. The molecule has 0 saturated carbocycles. The Hall–Kier alpha value is -2.78. The highest BCUT2D eigenvalue weighted by molar-refractivity contribution is 7.92. The summed E-state index contributed by atoms with van der Waals surface area (Å²) in [5.41, 5.74) is 1.82. The highest BCUT2D eigenvalue weighted by Crippen LogP contribution is 2.25. The summed E-state index contributed by atoms with van der Waals surface area (Å²) >= 11 is 0. The molecule has 2 aromatic carbocycles. The van der Waals surface area contributed by atoms with Crippen LogP contribution in [0.25, 0.3) is 10.9 Å². The highest BCUT2D eigenvalue weighted by atomic mass is 32.2. The first-order valence-electron chi connectivity index (χ1n) is 6.58. The minimum absolute atomic E-state index is 0.208. The number of nitrogens with zero attached hydrogens (tertiary/aromatic N) is 2. The molecule has 3 rings (SSSR count). The van der Waals surface area contributed by atoms with Gasteiger partial charge in [-0.15, -0.1) is 0 Å². The van der Waals surface area contributed by atoms with Gasteiger partial charge in [-0.3, -0.25) is 4.72 Å².